The average molecular weight is 735 g/mol. The molecule has 5 aliphatic rings. The zero-order valence-corrected chi connectivity index (χ0v) is 29.5. The third kappa shape index (κ3) is 8.36. The Morgan fingerprint density at radius 1 is 1.06 bits per heavy atom. The van der Waals surface area contributed by atoms with E-state index in [4.69, 9.17) is 9.47 Å². The molecule has 2 saturated carbocycles. The molecule has 6 rings (SSSR count). The van der Waals surface area contributed by atoms with Gasteiger partial charge in [-0.05, 0) is 57.1 Å². The lowest BCUT2D eigenvalue weighted by molar-refractivity contribution is -0.153. The van der Waals surface area contributed by atoms with Crippen molar-refractivity contribution in [1.29, 1.82) is 0 Å². The predicted octanol–water partition coefficient (Wildman–Crippen LogP) is 3.32. The number of hydrogen-bond donors (Lipinski definition) is 2. The smallest absolute Gasteiger partial charge is 0.410 e. The molecule has 2 N–H and O–H groups in total. The van der Waals surface area contributed by atoms with Gasteiger partial charge in [-0.25, -0.2) is 22.0 Å². The van der Waals surface area contributed by atoms with E-state index < -0.39 is 106 Å². The van der Waals surface area contributed by atoms with Crippen LogP contribution in [0.3, 0.4) is 0 Å². The Kier molecular flexibility index (Phi) is 10.2. The number of hydrogen-bond acceptors (Lipinski definition) is 9. The van der Waals surface area contributed by atoms with Crippen molar-refractivity contribution in [2.24, 2.45) is 11.8 Å². The largest absolute Gasteiger partial charge is 0.463 e. The number of alkyl halides is 2. The molecule has 4 amide bonds. The molecular formula is C35H44F2N4O9S. The van der Waals surface area contributed by atoms with E-state index in [0.29, 0.717) is 25.9 Å². The minimum atomic E-state index is -3.99. The van der Waals surface area contributed by atoms with Crippen molar-refractivity contribution in [1.82, 2.24) is 19.8 Å². The van der Waals surface area contributed by atoms with E-state index in [0.717, 1.165) is 16.0 Å². The summed E-state index contributed by atoms with van der Waals surface area (Å²) in [6.45, 7) is 3.57. The van der Waals surface area contributed by atoms with Crippen molar-refractivity contribution in [2.75, 3.05) is 6.54 Å². The summed E-state index contributed by atoms with van der Waals surface area (Å²) in [5, 5.41) is 1.98. The molecule has 1 saturated heterocycles. The number of ether oxygens (including phenoxy) is 2. The van der Waals surface area contributed by atoms with E-state index in [2.05, 4.69) is 10.0 Å². The highest BCUT2D eigenvalue weighted by atomic mass is 32.2. The molecule has 1 aromatic carbocycles. The van der Waals surface area contributed by atoms with Crippen molar-refractivity contribution in [3.63, 3.8) is 0 Å². The number of rotatable bonds is 7. The van der Waals surface area contributed by atoms with Crippen LogP contribution in [-0.2, 0) is 51.8 Å². The van der Waals surface area contributed by atoms with E-state index in [1.165, 1.54) is 17.1 Å². The Morgan fingerprint density at radius 3 is 2.39 bits per heavy atom. The molecule has 278 valence electrons. The quantitative estimate of drug-likeness (QED) is 0.316. The van der Waals surface area contributed by atoms with Crippen molar-refractivity contribution >= 4 is 39.8 Å². The molecule has 0 unspecified atom stereocenters. The Bertz CT molecular complexity index is 1690. The highest BCUT2D eigenvalue weighted by Gasteiger charge is 2.62. The van der Waals surface area contributed by atoms with Gasteiger partial charge in [-0.2, -0.15) is 0 Å². The normalized spacial score (nSPS) is 29.8. The van der Waals surface area contributed by atoms with Gasteiger partial charge in [-0.1, -0.05) is 36.4 Å². The third-order valence-electron chi connectivity index (χ3n) is 10.2. The standard InChI is InChI=1S/C35H44F2N4O9S/c1-21(2)49-29(42)15-22-12-14-34(36,37)13-6-5-9-25-17-35(25,32(45)39-51(47,48)27-10-11-27)38-30(43)28-16-26(20-41(28)31(22)44)50-33(46)40-18-23-7-3-4-8-24(23)19-40/h3-5,7-9,21-22,25-28H,6,10-20H2,1-2H3,(H,38,43)(H,39,45)/b9-5-/t22-,25-,26-,28+,35-/m1/s1. The average Bonchev–Trinajstić information content (AvgIpc) is 3.94. The van der Waals surface area contributed by atoms with Crippen LogP contribution in [0.1, 0.15) is 82.8 Å². The Morgan fingerprint density at radius 2 is 1.75 bits per heavy atom. The molecule has 51 heavy (non-hydrogen) atoms. The molecule has 0 bridgehead atoms. The predicted molar refractivity (Wildman–Crippen MR) is 177 cm³/mol. The summed E-state index contributed by atoms with van der Waals surface area (Å²) in [7, 11) is -3.99. The number of carbonyl (C=O) groups excluding carboxylic acids is 5. The van der Waals surface area contributed by atoms with Gasteiger partial charge in [0.2, 0.25) is 27.8 Å². The van der Waals surface area contributed by atoms with Gasteiger partial charge in [0.15, 0.2) is 0 Å². The SMILES string of the molecule is CC(C)OC(=O)C[C@H]1CCC(F)(F)CC/C=C\[C@@H]2C[C@@]2(C(=O)NS(=O)(=O)C2CC2)NC(=O)[C@@H]2C[C@@H](OC(=O)N3Cc4ccccc4C3)CN2C1=O. The molecule has 3 aliphatic heterocycles. The van der Waals surface area contributed by atoms with Crippen molar-refractivity contribution in [3.05, 3.63) is 47.5 Å². The van der Waals surface area contributed by atoms with Gasteiger partial charge in [0, 0.05) is 44.2 Å². The number of amides is 4. The van der Waals surface area contributed by atoms with Gasteiger partial charge in [0.05, 0.1) is 24.3 Å². The number of fused-ring (bicyclic) bond motifs is 3. The summed E-state index contributed by atoms with van der Waals surface area (Å²) in [6.07, 6.45) is -0.790. The second-order valence-electron chi connectivity index (χ2n) is 14.6. The van der Waals surface area contributed by atoms with Crippen LogP contribution in [0.5, 0.6) is 0 Å². The third-order valence-corrected chi connectivity index (χ3v) is 12.0. The van der Waals surface area contributed by atoms with Crippen LogP contribution in [0.2, 0.25) is 0 Å². The summed E-state index contributed by atoms with van der Waals surface area (Å²) in [5.41, 5.74) is 0.205. The number of sulfonamides is 1. The first kappa shape index (κ1) is 36.7. The maximum atomic E-state index is 15.1. The van der Waals surface area contributed by atoms with E-state index in [1.54, 1.807) is 13.8 Å². The lowest BCUT2D eigenvalue weighted by Crippen LogP contribution is -2.57. The lowest BCUT2D eigenvalue weighted by Gasteiger charge is -2.30. The zero-order valence-electron chi connectivity index (χ0n) is 28.6. The van der Waals surface area contributed by atoms with Crippen LogP contribution in [0.15, 0.2) is 36.4 Å². The molecular weight excluding hydrogens is 690 g/mol. The maximum absolute atomic E-state index is 15.1. The summed E-state index contributed by atoms with van der Waals surface area (Å²) in [5.74, 6) is -8.46. The molecule has 0 aromatic heterocycles. The second kappa shape index (κ2) is 14.2. The molecule has 3 fully saturated rings. The molecule has 1 aromatic rings. The molecule has 5 atom stereocenters. The van der Waals surface area contributed by atoms with Crippen LogP contribution < -0.4 is 10.0 Å². The fourth-order valence-electron chi connectivity index (χ4n) is 7.15. The van der Waals surface area contributed by atoms with Gasteiger partial charge >= 0.3 is 12.1 Å². The molecule has 0 radical (unpaired) electrons. The van der Waals surface area contributed by atoms with Crippen LogP contribution in [0.25, 0.3) is 0 Å². The Balaban J connectivity index is 1.28. The van der Waals surface area contributed by atoms with Gasteiger partial charge in [-0.15, -0.1) is 0 Å². The maximum Gasteiger partial charge on any atom is 0.410 e. The van der Waals surface area contributed by atoms with E-state index >= 15 is 8.78 Å². The zero-order chi connectivity index (χ0) is 36.7. The number of carbonyl (C=O) groups is 5. The summed E-state index contributed by atoms with van der Waals surface area (Å²) >= 11 is 0. The summed E-state index contributed by atoms with van der Waals surface area (Å²) in [4.78, 5) is 70.6. The van der Waals surface area contributed by atoms with Crippen LogP contribution in [0, 0.1) is 11.8 Å². The summed E-state index contributed by atoms with van der Waals surface area (Å²) in [6, 6.07) is 6.19. The minimum absolute atomic E-state index is 0.00984. The molecule has 13 nitrogen and oxygen atoms in total. The second-order valence-corrected chi connectivity index (χ2v) is 16.6. The van der Waals surface area contributed by atoms with Gasteiger partial charge < -0.3 is 19.7 Å². The van der Waals surface area contributed by atoms with E-state index in [1.807, 2.05) is 24.3 Å². The number of benzene rings is 1. The number of esters is 1. The number of allylic oxidation sites excluding steroid dienone is 1. The topological polar surface area (TPSA) is 168 Å². The number of nitrogens with one attached hydrogen (secondary N) is 2. The van der Waals surface area contributed by atoms with Crippen LogP contribution in [0.4, 0.5) is 13.6 Å². The monoisotopic (exact) mass is 734 g/mol. The molecule has 0 spiro atoms. The number of halogens is 2. The first-order valence-electron chi connectivity index (χ1n) is 17.5. The van der Waals surface area contributed by atoms with E-state index in [-0.39, 0.29) is 32.2 Å². The molecule has 3 heterocycles. The van der Waals surface area contributed by atoms with Crippen molar-refractivity contribution < 1.29 is 50.6 Å². The van der Waals surface area contributed by atoms with Crippen LogP contribution >= 0.6 is 0 Å². The van der Waals surface area contributed by atoms with Gasteiger partial charge in [0.25, 0.3) is 5.91 Å². The fourth-order valence-corrected chi connectivity index (χ4v) is 8.51. The lowest BCUT2D eigenvalue weighted by atomic mass is 9.93. The first-order chi connectivity index (χ1) is 24.1. The van der Waals surface area contributed by atoms with E-state index in [9.17, 15) is 32.4 Å². The number of nitrogens with zero attached hydrogens (tertiary/aromatic N) is 2. The highest BCUT2D eigenvalue weighted by molar-refractivity contribution is 7.91. The first-order valence-corrected chi connectivity index (χ1v) is 19.1. The molecule has 2 aliphatic carbocycles. The van der Waals surface area contributed by atoms with Crippen molar-refractivity contribution in [3.8, 4) is 0 Å². The van der Waals surface area contributed by atoms with Gasteiger partial charge in [0.1, 0.15) is 17.7 Å². The van der Waals surface area contributed by atoms with Crippen molar-refractivity contribution in [2.45, 2.75) is 120 Å². The minimum Gasteiger partial charge on any atom is -0.463 e. The summed E-state index contributed by atoms with van der Waals surface area (Å²) < 4.78 is 68.8. The van der Waals surface area contributed by atoms with Gasteiger partial charge in [-0.3, -0.25) is 28.8 Å². The fraction of sp³-hybridized carbons (Fsp3) is 0.629. The van der Waals surface area contributed by atoms with Crippen LogP contribution in [-0.4, -0.2) is 89.5 Å². The Labute approximate surface area is 295 Å². The molecule has 16 heteroatoms. The Hall–Kier alpha value is -4.08. The highest BCUT2D eigenvalue weighted by Crippen LogP contribution is 2.46.